The summed E-state index contributed by atoms with van der Waals surface area (Å²) in [6.45, 7) is 6.12. The number of benzene rings is 3. The molecule has 152 valence electrons. The molecule has 0 spiro atoms. The summed E-state index contributed by atoms with van der Waals surface area (Å²) in [6.07, 6.45) is 0. The lowest BCUT2D eigenvalue weighted by Crippen LogP contribution is -2.26. The van der Waals surface area contributed by atoms with Crippen LogP contribution in [0.25, 0.3) is 16.3 Å². The first kappa shape index (κ1) is 21.8. The zero-order valence-corrected chi connectivity index (χ0v) is 17.4. The van der Waals surface area contributed by atoms with E-state index in [1.165, 1.54) is 10.8 Å². The second-order valence-corrected chi connectivity index (χ2v) is 6.44. The van der Waals surface area contributed by atoms with Crippen LogP contribution in [-0.2, 0) is 4.79 Å². The van der Waals surface area contributed by atoms with Gasteiger partial charge in [0, 0.05) is 12.7 Å². The molecule has 3 aromatic rings. The quantitative estimate of drug-likeness (QED) is 0.636. The first-order valence-electron chi connectivity index (χ1n) is 9.29. The number of likely N-dealkylation sites (N-methyl/N-ethyl adjacent to an activating group) is 1. The summed E-state index contributed by atoms with van der Waals surface area (Å²) in [4.78, 5) is 11.1. The molecule has 3 aromatic carbocycles. The van der Waals surface area contributed by atoms with E-state index in [9.17, 15) is 4.79 Å². The number of amides is 1. The minimum atomic E-state index is -0.0202. The Bertz CT molecular complexity index is 983. The largest absolute Gasteiger partial charge is 0.493 e. The Kier molecular flexibility index (Phi) is 8.10. The lowest BCUT2D eigenvalue weighted by Gasteiger charge is -2.08. The van der Waals surface area contributed by atoms with Crippen LogP contribution in [0.4, 0.5) is 5.69 Å². The molecule has 3 rings (SSSR count). The van der Waals surface area contributed by atoms with E-state index >= 15 is 0 Å². The molecule has 0 unspecified atom stereocenters. The summed E-state index contributed by atoms with van der Waals surface area (Å²) in [5.74, 6) is 1.46. The number of carbonyl (C=O) groups excluding carboxylic acids is 1. The number of nitrogens with one attached hydrogen (secondary N) is 2. The number of carbonyl (C=O) groups is 1. The fourth-order valence-corrected chi connectivity index (χ4v) is 2.67. The molecule has 0 saturated heterocycles. The van der Waals surface area contributed by atoms with Gasteiger partial charge in [0.1, 0.15) is 0 Å². The molecule has 5 nitrogen and oxygen atoms in total. The van der Waals surface area contributed by atoms with E-state index in [4.69, 9.17) is 9.47 Å². The second-order valence-electron chi connectivity index (χ2n) is 6.44. The molecule has 0 aromatic heterocycles. The molecule has 0 bridgehead atoms. The maximum Gasteiger partial charge on any atom is 0.239 e. The van der Waals surface area contributed by atoms with Crippen LogP contribution >= 0.6 is 0 Å². The van der Waals surface area contributed by atoms with E-state index in [1.807, 2.05) is 55.5 Å². The third-order valence-electron chi connectivity index (χ3n) is 4.36. The van der Waals surface area contributed by atoms with E-state index in [0.29, 0.717) is 6.54 Å². The Morgan fingerprint density at radius 2 is 1.62 bits per heavy atom. The summed E-state index contributed by atoms with van der Waals surface area (Å²) in [6, 6.07) is 20.0. The topological polar surface area (TPSA) is 59.6 Å². The molecular formula is C24H28N2O3. The number of ether oxygens (including phenoxy) is 2. The van der Waals surface area contributed by atoms with Crippen molar-refractivity contribution in [3.63, 3.8) is 0 Å². The van der Waals surface area contributed by atoms with Gasteiger partial charge < -0.3 is 20.1 Å². The van der Waals surface area contributed by atoms with Gasteiger partial charge in [0.15, 0.2) is 11.5 Å². The second kappa shape index (κ2) is 10.8. The van der Waals surface area contributed by atoms with Gasteiger partial charge in [0.25, 0.3) is 0 Å². The number of fused-ring (bicyclic) bond motifs is 1. The number of rotatable bonds is 6. The predicted octanol–water partition coefficient (Wildman–Crippen LogP) is 4.73. The minimum Gasteiger partial charge on any atom is -0.493 e. The van der Waals surface area contributed by atoms with Gasteiger partial charge in [-0.3, -0.25) is 4.79 Å². The number of hydrogen-bond acceptors (Lipinski definition) is 4. The van der Waals surface area contributed by atoms with Gasteiger partial charge in [0.05, 0.1) is 20.8 Å². The molecule has 0 aliphatic heterocycles. The average Bonchev–Trinajstić information content (AvgIpc) is 2.77. The Labute approximate surface area is 172 Å². The molecule has 0 aliphatic rings. The summed E-state index contributed by atoms with van der Waals surface area (Å²) in [7, 11) is 4.88. The van der Waals surface area contributed by atoms with Crippen molar-refractivity contribution in [1.82, 2.24) is 5.32 Å². The van der Waals surface area contributed by atoms with Gasteiger partial charge in [-0.15, -0.1) is 0 Å². The van der Waals surface area contributed by atoms with Gasteiger partial charge in [-0.25, -0.2) is 0 Å². The van der Waals surface area contributed by atoms with Crippen molar-refractivity contribution in [3.8, 4) is 11.5 Å². The van der Waals surface area contributed by atoms with Gasteiger partial charge in [-0.2, -0.15) is 0 Å². The van der Waals surface area contributed by atoms with Crippen molar-refractivity contribution in [3.05, 3.63) is 72.8 Å². The van der Waals surface area contributed by atoms with Crippen molar-refractivity contribution in [1.29, 1.82) is 0 Å². The summed E-state index contributed by atoms with van der Waals surface area (Å²) < 4.78 is 10.3. The Morgan fingerprint density at radius 1 is 0.931 bits per heavy atom. The minimum absolute atomic E-state index is 0.0202. The number of methoxy groups -OCH3 is 2. The molecule has 0 atom stereocenters. The predicted molar refractivity (Wildman–Crippen MR) is 121 cm³/mol. The van der Waals surface area contributed by atoms with Crippen molar-refractivity contribution in [2.24, 2.45) is 0 Å². The van der Waals surface area contributed by atoms with Crippen LogP contribution in [0, 0.1) is 0 Å². The Balaban J connectivity index is 0.000000212. The highest BCUT2D eigenvalue weighted by Crippen LogP contribution is 2.29. The first-order chi connectivity index (χ1) is 14.0. The van der Waals surface area contributed by atoms with Crippen molar-refractivity contribution < 1.29 is 14.3 Å². The summed E-state index contributed by atoms with van der Waals surface area (Å²) in [5, 5.41) is 8.02. The van der Waals surface area contributed by atoms with Crippen molar-refractivity contribution in [2.45, 2.75) is 6.92 Å². The lowest BCUT2D eigenvalue weighted by atomic mass is 10.1. The van der Waals surface area contributed by atoms with Gasteiger partial charge in [-0.05, 0) is 47.5 Å². The zero-order valence-electron chi connectivity index (χ0n) is 17.4. The number of hydrogen-bond donors (Lipinski definition) is 2. The number of anilines is 1. The highest BCUT2D eigenvalue weighted by molar-refractivity contribution is 5.87. The fraction of sp³-hybridized carbons (Fsp3) is 0.208. The normalized spacial score (nSPS) is 9.79. The van der Waals surface area contributed by atoms with Crippen LogP contribution in [0.2, 0.25) is 0 Å². The fourth-order valence-electron chi connectivity index (χ4n) is 2.67. The number of allylic oxidation sites excluding steroid dienone is 1. The van der Waals surface area contributed by atoms with E-state index < -0.39 is 0 Å². The molecule has 5 heteroatoms. The molecule has 0 aliphatic carbocycles. The Morgan fingerprint density at radius 3 is 2.24 bits per heavy atom. The molecule has 0 heterocycles. The van der Waals surface area contributed by atoms with Gasteiger partial charge in [-0.1, -0.05) is 48.6 Å². The summed E-state index contributed by atoms with van der Waals surface area (Å²) in [5.41, 5.74) is 3.04. The van der Waals surface area contributed by atoms with Crippen LogP contribution in [0.15, 0.2) is 67.2 Å². The van der Waals surface area contributed by atoms with Crippen molar-refractivity contribution >= 4 is 27.9 Å². The van der Waals surface area contributed by atoms with Crippen LogP contribution < -0.4 is 20.1 Å². The first-order valence-corrected chi connectivity index (χ1v) is 9.29. The molecule has 1 amide bonds. The van der Waals surface area contributed by atoms with Crippen molar-refractivity contribution in [2.75, 3.05) is 33.1 Å². The molecule has 29 heavy (non-hydrogen) atoms. The molecule has 0 fully saturated rings. The van der Waals surface area contributed by atoms with Crippen LogP contribution in [-0.4, -0.2) is 33.7 Å². The van der Waals surface area contributed by atoms with E-state index in [-0.39, 0.29) is 5.91 Å². The highest BCUT2D eigenvalue weighted by atomic mass is 16.5. The Hall–Kier alpha value is -3.47. The maximum absolute atomic E-state index is 11.1. The third kappa shape index (κ3) is 6.28. The van der Waals surface area contributed by atoms with E-state index in [0.717, 1.165) is 28.3 Å². The van der Waals surface area contributed by atoms with Gasteiger partial charge in [0.2, 0.25) is 5.91 Å². The summed E-state index contributed by atoms with van der Waals surface area (Å²) >= 11 is 0. The molecule has 0 saturated carbocycles. The standard InChI is InChI=1S/C13H14N2O.C11H14O2/c1-14-13(16)9-15-12-7-6-10-4-2-3-5-11(10)8-12;1-8(2)9-5-6-10(12-3)11(7-9)13-4/h2-8,15H,9H2,1H3,(H,14,16);5-7H,1H2,2-4H3. The smallest absolute Gasteiger partial charge is 0.239 e. The highest BCUT2D eigenvalue weighted by Gasteiger charge is 2.04. The lowest BCUT2D eigenvalue weighted by molar-refractivity contribution is -0.118. The maximum atomic E-state index is 11.1. The van der Waals surface area contributed by atoms with Gasteiger partial charge >= 0.3 is 0 Å². The van der Waals surface area contributed by atoms with E-state index in [1.54, 1.807) is 21.3 Å². The van der Waals surface area contributed by atoms with E-state index in [2.05, 4.69) is 29.3 Å². The van der Waals surface area contributed by atoms with Crippen LogP contribution in [0.5, 0.6) is 11.5 Å². The SMILES string of the molecule is C=C(C)c1ccc(OC)c(OC)c1.CNC(=O)CNc1ccc2ccccc2c1. The van der Waals surface area contributed by atoms with Crippen LogP contribution in [0.1, 0.15) is 12.5 Å². The molecular weight excluding hydrogens is 364 g/mol. The monoisotopic (exact) mass is 392 g/mol. The molecule has 2 N–H and O–H groups in total. The zero-order chi connectivity index (χ0) is 21.2. The average molecular weight is 392 g/mol. The molecule has 0 radical (unpaired) electrons. The third-order valence-corrected chi connectivity index (χ3v) is 4.36. The van der Waals surface area contributed by atoms with Crippen LogP contribution in [0.3, 0.4) is 0 Å².